The summed E-state index contributed by atoms with van der Waals surface area (Å²) in [6.45, 7) is 3.36. The van der Waals surface area contributed by atoms with Crippen LogP contribution in [0.25, 0.3) is 0 Å². The largest absolute Gasteiger partial charge is 0.456 e. The molecule has 0 saturated heterocycles. The van der Waals surface area contributed by atoms with E-state index in [0.29, 0.717) is 11.4 Å². The van der Waals surface area contributed by atoms with Gasteiger partial charge in [0.05, 0.1) is 11.4 Å². The van der Waals surface area contributed by atoms with Gasteiger partial charge in [0.2, 0.25) is 5.91 Å². The standard InChI is InChI=1S/C15H15BrN2O3/c1-3-11-5-7-14(21-11)15(20)18-13-8-10(16)4-6-12(13)17-9(2)19/h4-8H,3H2,1-2H3,(H,17,19)(H,18,20). The molecule has 0 aliphatic carbocycles. The zero-order valence-electron chi connectivity index (χ0n) is 11.7. The molecule has 0 bridgehead atoms. The lowest BCUT2D eigenvalue weighted by molar-refractivity contribution is -0.114. The molecule has 2 rings (SSSR count). The van der Waals surface area contributed by atoms with Crippen molar-refractivity contribution in [3.8, 4) is 0 Å². The van der Waals surface area contributed by atoms with Gasteiger partial charge in [-0.25, -0.2) is 0 Å². The Balaban J connectivity index is 2.23. The van der Waals surface area contributed by atoms with E-state index < -0.39 is 0 Å². The maximum atomic E-state index is 12.2. The number of rotatable bonds is 4. The van der Waals surface area contributed by atoms with Crippen LogP contribution in [0.5, 0.6) is 0 Å². The molecule has 110 valence electrons. The lowest BCUT2D eigenvalue weighted by Gasteiger charge is -2.11. The molecule has 0 aliphatic rings. The Labute approximate surface area is 130 Å². The van der Waals surface area contributed by atoms with Crippen molar-refractivity contribution in [1.29, 1.82) is 0 Å². The Morgan fingerprint density at radius 3 is 2.52 bits per heavy atom. The molecule has 0 radical (unpaired) electrons. The van der Waals surface area contributed by atoms with Crippen LogP contribution in [0.15, 0.2) is 39.2 Å². The third-order valence-corrected chi connectivity index (χ3v) is 3.27. The van der Waals surface area contributed by atoms with Crippen LogP contribution in [0.3, 0.4) is 0 Å². The van der Waals surface area contributed by atoms with E-state index in [1.165, 1.54) is 6.92 Å². The van der Waals surface area contributed by atoms with E-state index in [1.54, 1.807) is 30.3 Å². The maximum absolute atomic E-state index is 12.2. The van der Waals surface area contributed by atoms with Crippen molar-refractivity contribution in [3.05, 3.63) is 46.3 Å². The molecule has 1 aromatic carbocycles. The zero-order valence-corrected chi connectivity index (χ0v) is 13.3. The van der Waals surface area contributed by atoms with Crippen LogP contribution in [-0.4, -0.2) is 11.8 Å². The summed E-state index contributed by atoms with van der Waals surface area (Å²) in [6, 6.07) is 8.60. The molecule has 1 heterocycles. The summed E-state index contributed by atoms with van der Waals surface area (Å²) in [7, 11) is 0. The Morgan fingerprint density at radius 2 is 1.90 bits per heavy atom. The van der Waals surface area contributed by atoms with Crippen molar-refractivity contribution in [2.24, 2.45) is 0 Å². The molecule has 2 amide bonds. The number of nitrogens with one attached hydrogen (secondary N) is 2. The number of hydrogen-bond acceptors (Lipinski definition) is 3. The van der Waals surface area contributed by atoms with Gasteiger partial charge in [0.1, 0.15) is 5.76 Å². The number of aryl methyl sites for hydroxylation is 1. The van der Waals surface area contributed by atoms with Gasteiger partial charge < -0.3 is 15.1 Å². The fourth-order valence-corrected chi connectivity index (χ4v) is 2.15. The molecule has 21 heavy (non-hydrogen) atoms. The van der Waals surface area contributed by atoms with Gasteiger partial charge in [-0.2, -0.15) is 0 Å². The second-order valence-electron chi connectivity index (χ2n) is 4.44. The molecular weight excluding hydrogens is 336 g/mol. The van der Waals surface area contributed by atoms with Crippen molar-refractivity contribution in [3.63, 3.8) is 0 Å². The maximum Gasteiger partial charge on any atom is 0.291 e. The van der Waals surface area contributed by atoms with Crippen LogP contribution in [0.2, 0.25) is 0 Å². The third kappa shape index (κ3) is 3.95. The summed E-state index contributed by atoms with van der Waals surface area (Å²) in [5.41, 5.74) is 1.03. The summed E-state index contributed by atoms with van der Waals surface area (Å²) in [4.78, 5) is 23.4. The number of benzene rings is 1. The Kier molecular flexibility index (Phi) is 4.80. The molecule has 0 spiro atoms. The normalized spacial score (nSPS) is 10.2. The zero-order chi connectivity index (χ0) is 15.4. The topological polar surface area (TPSA) is 71.3 Å². The SMILES string of the molecule is CCc1ccc(C(=O)Nc2cc(Br)ccc2NC(C)=O)o1. The van der Waals surface area contributed by atoms with Crippen LogP contribution < -0.4 is 10.6 Å². The van der Waals surface area contributed by atoms with E-state index in [4.69, 9.17) is 4.42 Å². The molecule has 5 nitrogen and oxygen atoms in total. The Morgan fingerprint density at radius 1 is 1.14 bits per heavy atom. The molecule has 6 heteroatoms. The predicted octanol–water partition coefficient (Wildman–Crippen LogP) is 3.82. The van der Waals surface area contributed by atoms with Crippen molar-refractivity contribution < 1.29 is 14.0 Å². The van der Waals surface area contributed by atoms with Gasteiger partial charge in [0.25, 0.3) is 5.91 Å². The van der Waals surface area contributed by atoms with Crippen LogP contribution in [0.4, 0.5) is 11.4 Å². The van der Waals surface area contributed by atoms with E-state index in [2.05, 4.69) is 26.6 Å². The van der Waals surface area contributed by atoms with Gasteiger partial charge in [0, 0.05) is 17.8 Å². The number of halogens is 1. The van der Waals surface area contributed by atoms with Crippen molar-refractivity contribution in [2.75, 3.05) is 10.6 Å². The lowest BCUT2D eigenvalue weighted by atomic mass is 10.2. The van der Waals surface area contributed by atoms with Crippen molar-refractivity contribution in [1.82, 2.24) is 0 Å². The van der Waals surface area contributed by atoms with E-state index >= 15 is 0 Å². The van der Waals surface area contributed by atoms with Crippen LogP contribution >= 0.6 is 15.9 Å². The summed E-state index contributed by atoms with van der Waals surface area (Å²) in [5.74, 6) is 0.413. The summed E-state index contributed by atoms with van der Waals surface area (Å²) in [5, 5.41) is 5.40. The van der Waals surface area contributed by atoms with Gasteiger partial charge in [-0.15, -0.1) is 0 Å². The van der Waals surface area contributed by atoms with Gasteiger partial charge in [-0.3, -0.25) is 9.59 Å². The predicted molar refractivity (Wildman–Crippen MR) is 84.5 cm³/mol. The highest BCUT2D eigenvalue weighted by molar-refractivity contribution is 9.10. The van der Waals surface area contributed by atoms with Crippen molar-refractivity contribution >= 4 is 39.1 Å². The summed E-state index contributed by atoms with van der Waals surface area (Å²) < 4.78 is 6.20. The third-order valence-electron chi connectivity index (χ3n) is 2.77. The molecule has 2 aromatic rings. The molecular formula is C15H15BrN2O3. The summed E-state index contributed by atoms with van der Waals surface area (Å²) in [6.07, 6.45) is 0.724. The van der Waals surface area contributed by atoms with Crippen molar-refractivity contribution in [2.45, 2.75) is 20.3 Å². The average molecular weight is 351 g/mol. The second-order valence-corrected chi connectivity index (χ2v) is 5.36. The Hall–Kier alpha value is -2.08. The lowest BCUT2D eigenvalue weighted by Crippen LogP contribution is -2.14. The number of carbonyl (C=O) groups is 2. The molecule has 0 saturated carbocycles. The first kappa shape index (κ1) is 15.3. The van der Waals surface area contributed by atoms with Crippen LogP contribution in [0, 0.1) is 0 Å². The van der Waals surface area contributed by atoms with E-state index in [9.17, 15) is 9.59 Å². The quantitative estimate of drug-likeness (QED) is 0.880. The van der Waals surface area contributed by atoms with Gasteiger partial charge >= 0.3 is 0 Å². The number of anilines is 2. The highest BCUT2D eigenvalue weighted by Crippen LogP contribution is 2.26. The molecule has 0 unspecified atom stereocenters. The second kappa shape index (κ2) is 6.58. The fraction of sp³-hybridized carbons (Fsp3) is 0.200. The van der Waals surface area contributed by atoms with Gasteiger partial charge in [-0.05, 0) is 30.3 Å². The average Bonchev–Trinajstić information content (AvgIpc) is 2.90. The number of furan rings is 1. The van der Waals surface area contributed by atoms with E-state index in [-0.39, 0.29) is 17.6 Å². The minimum Gasteiger partial charge on any atom is -0.456 e. The minimum absolute atomic E-state index is 0.209. The first-order chi connectivity index (χ1) is 9.99. The van der Waals surface area contributed by atoms with Crippen LogP contribution in [0.1, 0.15) is 30.2 Å². The summed E-state index contributed by atoms with van der Waals surface area (Å²) >= 11 is 3.34. The molecule has 0 fully saturated rings. The number of hydrogen-bond donors (Lipinski definition) is 2. The molecule has 0 aliphatic heterocycles. The van der Waals surface area contributed by atoms with Gasteiger partial charge in [-0.1, -0.05) is 22.9 Å². The molecule has 2 N–H and O–H groups in total. The highest BCUT2D eigenvalue weighted by atomic mass is 79.9. The number of carbonyl (C=O) groups excluding carboxylic acids is 2. The van der Waals surface area contributed by atoms with Gasteiger partial charge in [0.15, 0.2) is 5.76 Å². The van der Waals surface area contributed by atoms with E-state index in [1.807, 2.05) is 6.92 Å². The molecule has 1 aromatic heterocycles. The fourth-order valence-electron chi connectivity index (χ4n) is 1.79. The van der Waals surface area contributed by atoms with E-state index in [0.717, 1.165) is 16.7 Å². The Bertz CT molecular complexity index is 679. The first-order valence-corrected chi connectivity index (χ1v) is 7.26. The highest BCUT2D eigenvalue weighted by Gasteiger charge is 2.14. The number of amides is 2. The smallest absolute Gasteiger partial charge is 0.291 e. The monoisotopic (exact) mass is 350 g/mol. The van der Waals surface area contributed by atoms with Crippen LogP contribution in [-0.2, 0) is 11.2 Å². The first-order valence-electron chi connectivity index (χ1n) is 6.46. The molecule has 0 atom stereocenters. The minimum atomic E-state index is -0.362.